The molecule has 36 heavy (non-hydrogen) atoms. The van der Waals surface area contributed by atoms with Gasteiger partial charge in [-0.2, -0.15) is 0 Å². The molecular weight excluding hydrogens is 458 g/mol. The maximum absolute atomic E-state index is 13.2. The first-order chi connectivity index (χ1) is 17.5. The molecule has 8 nitrogen and oxygen atoms in total. The van der Waals surface area contributed by atoms with E-state index in [2.05, 4.69) is 30.3 Å². The number of ketones is 1. The van der Waals surface area contributed by atoms with Gasteiger partial charge in [-0.25, -0.2) is 0 Å². The zero-order valence-electron chi connectivity index (χ0n) is 21.3. The number of aliphatic hydroxyl groups excluding tert-OH is 1. The Labute approximate surface area is 212 Å². The molecule has 3 rings (SSSR count). The van der Waals surface area contributed by atoms with Gasteiger partial charge in [0.2, 0.25) is 0 Å². The lowest BCUT2D eigenvalue weighted by molar-refractivity contribution is -0.140. The normalized spacial score (nSPS) is 17.0. The van der Waals surface area contributed by atoms with Gasteiger partial charge in [-0.1, -0.05) is 32.6 Å². The van der Waals surface area contributed by atoms with Crippen LogP contribution in [0.25, 0.3) is 5.76 Å². The molecule has 0 radical (unpaired) electrons. The highest BCUT2D eigenvalue weighted by atomic mass is 16.5. The van der Waals surface area contributed by atoms with E-state index >= 15 is 0 Å². The SMILES string of the molecule is C=CCOc1ccc(C2C(=C(O)c3ccncc3)C(=O)C(=O)N2CCCN(CC)CC)cc1OCC. The van der Waals surface area contributed by atoms with Crippen LogP contribution < -0.4 is 9.47 Å². The van der Waals surface area contributed by atoms with Gasteiger partial charge in [0.15, 0.2) is 11.5 Å². The molecule has 0 saturated carbocycles. The van der Waals surface area contributed by atoms with E-state index in [4.69, 9.17) is 9.47 Å². The smallest absolute Gasteiger partial charge is 0.295 e. The third-order valence-corrected chi connectivity index (χ3v) is 6.20. The molecule has 1 fully saturated rings. The maximum atomic E-state index is 13.2. The van der Waals surface area contributed by atoms with Crippen LogP contribution in [-0.2, 0) is 9.59 Å². The maximum Gasteiger partial charge on any atom is 0.295 e. The minimum atomic E-state index is -0.762. The average Bonchev–Trinajstić information content (AvgIpc) is 3.15. The molecule has 1 aliphatic rings. The highest BCUT2D eigenvalue weighted by molar-refractivity contribution is 6.46. The Balaban J connectivity index is 2.08. The Kier molecular flexibility index (Phi) is 9.64. The number of Topliss-reactive ketones (excluding diaryl/α,β-unsaturated/α-hetero) is 1. The predicted octanol–water partition coefficient (Wildman–Crippen LogP) is 4.20. The number of carbonyl (C=O) groups excluding carboxylic acids is 2. The lowest BCUT2D eigenvalue weighted by Gasteiger charge is -2.27. The summed E-state index contributed by atoms with van der Waals surface area (Å²) in [5, 5.41) is 11.2. The number of hydrogen-bond donors (Lipinski definition) is 1. The van der Waals surface area contributed by atoms with E-state index in [1.54, 1.807) is 41.3 Å². The highest BCUT2D eigenvalue weighted by Gasteiger charge is 2.46. The molecule has 192 valence electrons. The van der Waals surface area contributed by atoms with Crippen molar-refractivity contribution in [3.8, 4) is 11.5 Å². The molecule has 8 heteroatoms. The number of amides is 1. The van der Waals surface area contributed by atoms with Crippen LogP contribution in [0.5, 0.6) is 11.5 Å². The summed E-state index contributed by atoms with van der Waals surface area (Å²) in [5.74, 6) is -0.526. The first-order valence-electron chi connectivity index (χ1n) is 12.4. The number of rotatable bonds is 13. The number of likely N-dealkylation sites (tertiary alicyclic amines) is 1. The van der Waals surface area contributed by atoms with Crippen LogP contribution in [0.15, 0.2) is 61.0 Å². The topological polar surface area (TPSA) is 92.2 Å². The predicted molar refractivity (Wildman–Crippen MR) is 139 cm³/mol. The first kappa shape index (κ1) is 26.9. The second-order valence-electron chi connectivity index (χ2n) is 8.35. The quantitative estimate of drug-likeness (QED) is 0.194. The Morgan fingerprint density at radius 3 is 2.47 bits per heavy atom. The van der Waals surface area contributed by atoms with Crippen LogP contribution in [-0.4, -0.2) is 71.0 Å². The van der Waals surface area contributed by atoms with Gasteiger partial charge in [0, 0.05) is 24.5 Å². The summed E-state index contributed by atoms with van der Waals surface area (Å²) in [7, 11) is 0. The highest BCUT2D eigenvalue weighted by Crippen LogP contribution is 2.42. The molecule has 1 amide bonds. The first-order valence-corrected chi connectivity index (χ1v) is 12.4. The second-order valence-corrected chi connectivity index (χ2v) is 8.35. The molecular formula is C28H35N3O5. The molecule has 0 spiro atoms. The Bertz CT molecular complexity index is 1100. The van der Waals surface area contributed by atoms with E-state index in [1.807, 2.05) is 6.92 Å². The zero-order chi connectivity index (χ0) is 26.1. The fourth-order valence-corrected chi connectivity index (χ4v) is 4.36. The molecule has 2 aromatic rings. The van der Waals surface area contributed by atoms with E-state index in [1.165, 1.54) is 12.4 Å². The Morgan fingerprint density at radius 2 is 1.83 bits per heavy atom. The van der Waals surface area contributed by atoms with Crippen LogP contribution in [0, 0.1) is 0 Å². The number of benzene rings is 1. The van der Waals surface area contributed by atoms with Crippen molar-refractivity contribution >= 4 is 17.4 Å². The minimum absolute atomic E-state index is 0.0521. The van der Waals surface area contributed by atoms with Crippen molar-refractivity contribution in [2.24, 2.45) is 0 Å². The van der Waals surface area contributed by atoms with Crippen LogP contribution in [0.2, 0.25) is 0 Å². The van der Waals surface area contributed by atoms with Crippen molar-refractivity contribution in [2.75, 3.05) is 39.4 Å². The van der Waals surface area contributed by atoms with Crippen molar-refractivity contribution in [1.82, 2.24) is 14.8 Å². The van der Waals surface area contributed by atoms with Gasteiger partial charge in [-0.15, -0.1) is 0 Å². The second kappa shape index (κ2) is 12.9. The van der Waals surface area contributed by atoms with Gasteiger partial charge in [-0.3, -0.25) is 14.6 Å². The third kappa shape index (κ3) is 5.94. The number of aromatic nitrogens is 1. The van der Waals surface area contributed by atoms with Crippen LogP contribution >= 0.6 is 0 Å². The van der Waals surface area contributed by atoms with Gasteiger partial charge >= 0.3 is 0 Å². The number of hydrogen-bond acceptors (Lipinski definition) is 7. The van der Waals surface area contributed by atoms with E-state index in [0.29, 0.717) is 48.8 Å². The number of nitrogens with zero attached hydrogens (tertiary/aromatic N) is 3. The van der Waals surface area contributed by atoms with Crippen molar-refractivity contribution in [1.29, 1.82) is 0 Å². The summed E-state index contributed by atoms with van der Waals surface area (Å²) < 4.78 is 11.5. The summed E-state index contributed by atoms with van der Waals surface area (Å²) >= 11 is 0. The Morgan fingerprint density at radius 1 is 1.11 bits per heavy atom. The number of carbonyl (C=O) groups is 2. The molecule has 1 aliphatic heterocycles. The lowest BCUT2D eigenvalue weighted by Crippen LogP contribution is -2.33. The summed E-state index contributed by atoms with van der Waals surface area (Å²) in [4.78, 5) is 34.2. The lowest BCUT2D eigenvalue weighted by atomic mass is 9.95. The summed E-state index contributed by atoms with van der Waals surface area (Å²) in [6, 6.07) is 7.79. The summed E-state index contributed by atoms with van der Waals surface area (Å²) in [6.45, 7) is 13.4. The molecule has 1 aromatic carbocycles. The van der Waals surface area contributed by atoms with Crippen molar-refractivity contribution in [2.45, 2.75) is 33.2 Å². The van der Waals surface area contributed by atoms with Crippen LogP contribution in [0.3, 0.4) is 0 Å². The summed E-state index contributed by atoms with van der Waals surface area (Å²) in [6.07, 6.45) is 5.40. The third-order valence-electron chi connectivity index (χ3n) is 6.20. The van der Waals surface area contributed by atoms with Crippen LogP contribution in [0.4, 0.5) is 0 Å². The Hall–Kier alpha value is -3.65. The fraction of sp³-hybridized carbons (Fsp3) is 0.393. The van der Waals surface area contributed by atoms with Gasteiger partial charge in [0.05, 0.1) is 18.2 Å². The van der Waals surface area contributed by atoms with E-state index in [9.17, 15) is 14.7 Å². The van der Waals surface area contributed by atoms with Gasteiger partial charge in [0.1, 0.15) is 12.4 Å². The molecule has 1 saturated heterocycles. The van der Waals surface area contributed by atoms with Gasteiger partial charge < -0.3 is 24.4 Å². The number of aliphatic hydroxyl groups is 1. The number of ether oxygens (including phenoxy) is 2. The van der Waals surface area contributed by atoms with E-state index in [0.717, 1.165) is 19.6 Å². The molecule has 1 unspecified atom stereocenters. The van der Waals surface area contributed by atoms with E-state index in [-0.39, 0.29) is 11.3 Å². The molecule has 0 bridgehead atoms. The molecule has 1 aromatic heterocycles. The van der Waals surface area contributed by atoms with Crippen molar-refractivity contribution in [3.63, 3.8) is 0 Å². The van der Waals surface area contributed by atoms with Crippen molar-refractivity contribution < 1.29 is 24.2 Å². The zero-order valence-corrected chi connectivity index (χ0v) is 21.3. The molecule has 0 aliphatic carbocycles. The molecule has 2 heterocycles. The van der Waals surface area contributed by atoms with E-state index < -0.39 is 17.7 Å². The minimum Gasteiger partial charge on any atom is -0.507 e. The standard InChI is InChI=1S/C28H35N3O5/c1-5-18-36-22-11-10-21(19-23(22)35-8-4)25-24(26(32)20-12-14-29-15-13-20)27(33)28(34)31(25)17-9-16-30(6-2)7-3/h5,10-15,19,25,32H,1,6-9,16-18H2,2-4H3. The largest absolute Gasteiger partial charge is 0.507 e. The monoisotopic (exact) mass is 493 g/mol. The number of pyridine rings is 1. The molecule has 1 N–H and O–H groups in total. The summed E-state index contributed by atoms with van der Waals surface area (Å²) in [5.41, 5.74) is 1.13. The molecule has 1 atom stereocenters. The van der Waals surface area contributed by atoms with Crippen LogP contribution in [0.1, 0.15) is 44.4 Å². The average molecular weight is 494 g/mol. The van der Waals surface area contributed by atoms with Crippen molar-refractivity contribution in [3.05, 3.63) is 72.1 Å². The van der Waals surface area contributed by atoms with Gasteiger partial charge in [0.25, 0.3) is 11.7 Å². The fourth-order valence-electron chi connectivity index (χ4n) is 4.36. The van der Waals surface area contributed by atoms with Gasteiger partial charge in [-0.05, 0) is 62.8 Å².